The first-order valence-electron chi connectivity index (χ1n) is 10.6. The number of hydrogen-bond acceptors (Lipinski definition) is 3. The van der Waals surface area contributed by atoms with Crippen molar-refractivity contribution in [2.24, 2.45) is 4.99 Å². The number of rotatable bonds is 16. The topological polar surface area (TPSA) is 30.8 Å². The molecule has 3 nitrogen and oxygen atoms in total. The summed E-state index contributed by atoms with van der Waals surface area (Å²) in [5.74, 6) is 0.707. The average Bonchev–Trinajstić information content (AvgIpc) is 3.00. The highest BCUT2D eigenvalue weighted by atomic mass is 16.6. The van der Waals surface area contributed by atoms with Gasteiger partial charge in [-0.3, -0.25) is 0 Å². The van der Waals surface area contributed by atoms with E-state index in [1.165, 1.54) is 83.5 Å². The molecule has 1 heterocycles. The zero-order valence-electron chi connectivity index (χ0n) is 17.0. The van der Waals surface area contributed by atoms with E-state index in [-0.39, 0.29) is 0 Å². The summed E-state index contributed by atoms with van der Waals surface area (Å²) in [6, 6.07) is 0. The van der Waals surface area contributed by atoms with Crippen LogP contribution in [-0.4, -0.2) is 25.3 Å². The number of nitrogens with zero attached hydrogens (tertiary/aromatic N) is 1. The second-order valence-electron chi connectivity index (χ2n) is 7.55. The Morgan fingerprint density at radius 3 is 1.92 bits per heavy atom. The van der Waals surface area contributed by atoms with Gasteiger partial charge in [0, 0.05) is 7.11 Å². The molecule has 1 atom stereocenters. The molecule has 0 fully saturated rings. The Morgan fingerprint density at radius 1 is 0.920 bits per heavy atom. The molecule has 0 aromatic rings. The molecule has 0 aromatic heterocycles. The van der Waals surface area contributed by atoms with Crippen LogP contribution >= 0.6 is 0 Å². The van der Waals surface area contributed by atoms with Gasteiger partial charge in [0.1, 0.15) is 6.61 Å². The molecule has 0 radical (unpaired) electrons. The number of methoxy groups -OCH3 is 1. The molecule has 3 heteroatoms. The van der Waals surface area contributed by atoms with Crippen LogP contribution in [0.2, 0.25) is 0 Å². The second-order valence-corrected chi connectivity index (χ2v) is 7.55. The third-order valence-electron chi connectivity index (χ3n) is 5.01. The maximum absolute atomic E-state index is 5.52. The fourth-order valence-electron chi connectivity index (χ4n) is 3.16. The van der Waals surface area contributed by atoms with Gasteiger partial charge in [-0.25, -0.2) is 4.99 Å². The molecule has 0 aromatic carbocycles. The van der Waals surface area contributed by atoms with Crippen LogP contribution < -0.4 is 0 Å². The largest absolute Gasteiger partial charge is 0.473 e. The molecule has 0 aliphatic carbocycles. The average molecular weight is 352 g/mol. The van der Waals surface area contributed by atoms with Gasteiger partial charge < -0.3 is 9.47 Å². The molecule has 146 valence electrons. The number of unbranched alkanes of at least 4 members (excludes halogenated alkanes) is 13. The minimum Gasteiger partial charge on any atom is -0.473 e. The van der Waals surface area contributed by atoms with Crippen molar-refractivity contribution in [2.75, 3.05) is 13.7 Å². The summed E-state index contributed by atoms with van der Waals surface area (Å²) in [6.45, 7) is 4.74. The highest BCUT2D eigenvalue weighted by Crippen LogP contribution is 2.19. The van der Waals surface area contributed by atoms with E-state index >= 15 is 0 Å². The van der Waals surface area contributed by atoms with Crippen molar-refractivity contribution >= 4 is 5.90 Å². The predicted octanol–water partition coefficient (Wildman–Crippen LogP) is 6.82. The summed E-state index contributed by atoms with van der Waals surface area (Å²) in [7, 11) is 1.67. The lowest BCUT2D eigenvalue weighted by atomic mass is 10.0. The molecular formula is C22H41NO2. The van der Waals surface area contributed by atoms with Crippen molar-refractivity contribution in [1.29, 1.82) is 0 Å². The molecule has 0 saturated heterocycles. The highest BCUT2D eigenvalue weighted by molar-refractivity contribution is 5.89. The van der Waals surface area contributed by atoms with Crippen LogP contribution in [0, 0.1) is 0 Å². The third kappa shape index (κ3) is 11.4. The van der Waals surface area contributed by atoms with Crippen molar-refractivity contribution in [3.8, 4) is 0 Å². The first-order valence-corrected chi connectivity index (χ1v) is 10.6. The Labute approximate surface area is 156 Å². The van der Waals surface area contributed by atoms with E-state index in [4.69, 9.17) is 9.47 Å². The van der Waals surface area contributed by atoms with E-state index in [0.717, 1.165) is 6.42 Å². The Morgan fingerprint density at radius 2 is 1.44 bits per heavy atom. The van der Waals surface area contributed by atoms with Crippen molar-refractivity contribution in [2.45, 2.75) is 109 Å². The Bertz CT molecular complexity index is 378. The zero-order valence-corrected chi connectivity index (χ0v) is 17.0. The van der Waals surface area contributed by atoms with Crippen LogP contribution in [0.5, 0.6) is 0 Å². The van der Waals surface area contributed by atoms with Crippen LogP contribution in [-0.2, 0) is 9.47 Å². The molecular weight excluding hydrogens is 310 g/mol. The quantitative estimate of drug-likeness (QED) is 0.286. The molecule has 0 saturated carbocycles. The van der Waals surface area contributed by atoms with Gasteiger partial charge in [-0.05, 0) is 25.8 Å². The summed E-state index contributed by atoms with van der Waals surface area (Å²) in [5.41, 5.74) is -0.491. The molecule has 0 spiro atoms. The normalized spacial score (nSPS) is 20.2. The van der Waals surface area contributed by atoms with E-state index < -0.39 is 5.72 Å². The van der Waals surface area contributed by atoms with E-state index in [0.29, 0.717) is 12.5 Å². The van der Waals surface area contributed by atoms with Crippen molar-refractivity contribution < 1.29 is 9.47 Å². The molecule has 0 N–H and O–H groups in total. The minimum atomic E-state index is -0.491. The summed E-state index contributed by atoms with van der Waals surface area (Å²) >= 11 is 0. The summed E-state index contributed by atoms with van der Waals surface area (Å²) in [4.78, 5) is 4.43. The van der Waals surface area contributed by atoms with E-state index in [1.807, 2.05) is 13.0 Å². The lowest BCUT2D eigenvalue weighted by Gasteiger charge is -2.14. The maximum Gasteiger partial charge on any atom is 0.211 e. The smallest absolute Gasteiger partial charge is 0.211 e. The SMILES string of the molecule is CCCCCCCCCCCCCCC/C=C/C1=NC(C)(OC)CO1. The van der Waals surface area contributed by atoms with Crippen LogP contribution in [0.15, 0.2) is 17.1 Å². The molecule has 1 aliphatic heterocycles. The van der Waals surface area contributed by atoms with Crippen molar-refractivity contribution in [3.05, 3.63) is 12.2 Å². The van der Waals surface area contributed by atoms with Crippen molar-refractivity contribution in [3.63, 3.8) is 0 Å². The zero-order chi connectivity index (χ0) is 18.2. The first-order chi connectivity index (χ1) is 12.2. The van der Waals surface area contributed by atoms with E-state index in [2.05, 4.69) is 18.0 Å². The minimum absolute atomic E-state index is 0.491. The molecule has 0 amide bonds. The molecule has 1 unspecified atom stereocenters. The van der Waals surface area contributed by atoms with Gasteiger partial charge in [-0.1, -0.05) is 90.0 Å². The Kier molecular flexibility index (Phi) is 12.8. The van der Waals surface area contributed by atoms with Gasteiger partial charge in [0.25, 0.3) is 0 Å². The first kappa shape index (κ1) is 22.2. The van der Waals surface area contributed by atoms with Gasteiger partial charge in [0.2, 0.25) is 5.90 Å². The van der Waals surface area contributed by atoms with E-state index in [1.54, 1.807) is 7.11 Å². The standard InChI is InChI=1S/C22H41NO2/c1-4-5-6-7-8-9-10-11-12-13-14-15-16-17-18-19-21-23-22(2,24-3)20-25-21/h18-19H,4-17,20H2,1-3H3/b19-18+. The lowest BCUT2D eigenvalue weighted by molar-refractivity contribution is -0.00540. The number of ether oxygens (including phenoxy) is 2. The Hall–Kier alpha value is -0.830. The Balaban J connectivity index is 1.83. The van der Waals surface area contributed by atoms with Crippen LogP contribution in [0.4, 0.5) is 0 Å². The second kappa shape index (κ2) is 14.4. The monoisotopic (exact) mass is 351 g/mol. The van der Waals surface area contributed by atoms with Crippen LogP contribution in [0.25, 0.3) is 0 Å². The maximum atomic E-state index is 5.52. The molecule has 25 heavy (non-hydrogen) atoms. The third-order valence-corrected chi connectivity index (χ3v) is 5.01. The number of hydrogen-bond donors (Lipinski definition) is 0. The van der Waals surface area contributed by atoms with Crippen LogP contribution in [0.3, 0.4) is 0 Å². The van der Waals surface area contributed by atoms with Gasteiger partial charge in [0.05, 0.1) is 0 Å². The number of allylic oxidation sites excluding steroid dienone is 1. The summed E-state index contributed by atoms with van der Waals surface area (Å²) in [5, 5.41) is 0. The fourth-order valence-corrected chi connectivity index (χ4v) is 3.16. The van der Waals surface area contributed by atoms with E-state index in [9.17, 15) is 0 Å². The number of aliphatic imine (C=N–C) groups is 1. The van der Waals surface area contributed by atoms with Gasteiger partial charge in [0.15, 0.2) is 5.72 Å². The van der Waals surface area contributed by atoms with Gasteiger partial charge >= 0.3 is 0 Å². The van der Waals surface area contributed by atoms with Crippen molar-refractivity contribution in [1.82, 2.24) is 0 Å². The van der Waals surface area contributed by atoms with Gasteiger partial charge in [-0.15, -0.1) is 0 Å². The molecule has 1 aliphatic rings. The predicted molar refractivity (Wildman–Crippen MR) is 108 cm³/mol. The van der Waals surface area contributed by atoms with Crippen LogP contribution in [0.1, 0.15) is 104 Å². The molecule has 0 bridgehead atoms. The molecule has 1 rings (SSSR count). The van der Waals surface area contributed by atoms with Gasteiger partial charge in [-0.2, -0.15) is 0 Å². The summed E-state index contributed by atoms with van der Waals surface area (Å²) < 4.78 is 10.8. The lowest BCUT2D eigenvalue weighted by Crippen LogP contribution is -2.25. The summed E-state index contributed by atoms with van der Waals surface area (Å²) in [6.07, 6.45) is 23.5. The highest BCUT2D eigenvalue weighted by Gasteiger charge is 2.29. The fraction of sp³-hybridized carbons (Fsp3) is 0.864.